The minimum absolute atomic E-state index is 0. The fraction of sp³-hybridized carbons (Fsp3) is 0.412. The second-order valence-corrected chi connectivity index (χ2v) is 6.61. The Bertz CT molecular complexity index is 579. The fourth-order valence-electron chi connectivity index (χ4n) is 3.25. The molecular weight excluding hydrogens is 318 g/mol. The number of ether oxygens (including phenoxy) is 2. The Morgan fingerprint density at radius 1 is 0.955 bits per heavy atom. The molecule has 3 aliphatic heterocycles. The molecule has 3 nitrogen and oxygen atoms in total. The monoisotopic (exact) mass is 337 g/mol. The van der Waals surface area contributed by atoms with E-state index in [-0.39, 0.29) is 12.4 Å². The van der Waals surface area contributed by atoms with Gasteiger partial charge in [-0.2, -0.15) is 0 Å². The standard InChI is InChI=1S/C17H19NO2S.ClH/c1-3-15(4-2-14(1)19-16-7-10-21-12-16)20-17-11-18-8-5-13(17)6-9-18;/h1-4,7,10,12-13,17H,5-6,8-9,11H2;1H. The van der Waals surface area contributed by atoms with E-state index >= 15 is 0 Å². The Balaban J connectivity index is 0.00000144. The highest BCUT2D eigenvalue weighted by Gasteiger charge is 2.35. The molecule has 2 bridgehead atoms. The van der Waals surface area contributed by atoms with Crippen molar-refractivity contribution in [3.8, 4) is 17.2 Å². The number of piperidine rings is 3. The summed E-state index contributed by atoms with van der Waals surface area (Å²) in [7, 11) is 0. The zero-order chi connectivity index (χ0) is 14.1. The maximum absolute atomic E-state index is 6.18. The van der Waals surface area contributed by atoms with Gasteiger partial charge in [0, 0.05) is 11.9 Å². The second kappa shape index (κ2) is 6.90. The lowest BCUT2D eigenvalue weighted by atomic mass is 9.86. The third kappa shape index (κ3) is 3.40. The summed E-state index contributed by atoms with van der Waals surface area (Å²) in [6.07, 6.45) is 2.92. The van der Waals surface area contributed by atoms with Gasteiger partial charge in [0.2, 0.25) is 0 Å². The van der Waals surface area contributed by atoms with Gasteiger partial charge in [0.1, 0.15) is 23.4 Å². The van der Waals surface area contributed by atoms with Gasteiger partial charge in [-0.15, -0.1) is 23.7 Å². The average Bonchev–Trinajstić information content (AvgIpc) is 3.03. The first-order valence-corrected chi connectivity index (χ1v) is 8.50. The predicted molar refractivity (Wildman–Crippen MR) is 91.7 cm³/mol. The van der Waals surface area contributed by atoms with E-state index in [4.69, 9.17) is 9.47 Å². The van der Waals surface area contributed by atoms with Crippen LogP contribution < -0.4 is 9.47 Å². The molecule has 2 aromatic rings. The first kappa shape index (κ1) is 15.7. The minimum Gasteiger partial charge on any atom is -0.489 e. The Morgan fingerprint density at radius 3 is 2.27 bits per heavy atom. The molecule has 5 rings (SSSR count). The molecular formula is C17H20ClNO2S. The molecule has 3 aliphatic rings. The summed E-state index contributed by atoms with van der Waals surface area (Å²) in [5.74, 6) is 3.43. The number of benzene rings is 1. The van der Waals surface area contributed by atoms with Gasteiger partial charge < -0.3 is 9.47 Å². The summed E-state index contributed by atoms with van der Waals surface area (Å²) in [6, 6.07) is 9.96. The van der Waals surface area contributed by atoms with Crippen LogP contribution in [-0.4, -0.2) is 30.6 Å². The van der Waals surface area contributed by atoms with Crippen molar-refractivity contribution in [1.82, 2.24) is 4.90 Å². The molecule has 1 aromatic heterocycles. The summed E-state index contributed by atoms with van der Waals surface area (Å²) in [4.78, 5) is 2.51. The van der Waals surface area contributed by atoms with E-state index in [1.807, 2.05) is 41.1 Å². The van der Waals surface area contributed by atoms with Crippen molar-refractivity contribution in [1.29, 1.82) is 0 Å². The van der Waals surface area contributed by atoms with Gasteiger partial charge in [0.15, 0.2) is 0 Å². The van der Waals surface area contributed by atoms with Crippen LogP contribution in [0.25, 0.3) is 0 Å². The highest BCUT2D eigenvalue weighted by Crippen LogP contribution is 2.31. The molecule has 118 valence electrons. The summed E-state index contributed by atoms with van der Waals surface area (Å²) in [6.45, 7) is 3.58. The molecule has 22 heavy (non-hydrogen) atoms. The molecule has 0 N–H and O–H groups in total. The smallest absolute Gasteiger partial charge is 0.138 e. The first-order chi connectivity index (χ1) is 10.4. The van der Waals surface area contributed by atoms with Gasteiger partial charge in [-0.1, -0.05) is 0 Å². The molecule has 3 fully saturated rings. The van der Waals surface area contributed by atoms with Crippen LogP contribution >= 0.6 is 23.7 Å². The van der Waals surface area contributed by atoms with Crippen LogP contribution in [0.3, 0.4) is 0 Å². The van der Waals surface area contributed by atoms with Crippen molar-refractivity contribution in [3.05, 3.63) is 41.1 Å². The molecule has 4 heterocycles. The summed E-state index contributed by atoms with van der Waals surface area (Å²) in [5, 5.41) is 4.01. The van der Waals surface area contributed by atoms with Crippen LogP contribution in [0.4, 0.5) is 0 Å². The normalized spacial score (nSPS) is 26.3. The van der Waals surface area contributed by atoms with Crippen molar-refractivity contribution in [2.75, 3.05) is 19.6 Å². The van der Waals surface area contributed by atoms with Gasteiger partial charge in [0.25, 0.3) is 0 Å². The molecule has 0 radical (unpaired) electrons. The number of rotatable bonds is 4. The van der Waals surface area contributed by atoms with E-state index in [1.165, 1.54) is 25.9 Å². The van der Waals surface area contributed by atoms with Crippen molar-refractivity contribution in [3.63, 3.8) is 0 Å². The van der Waals surface area contributed by atoms with E-state index in [0.29, 0.717) is 6.10 Å². The van der Waals surface area contributed by atoms with E-state index in [9.17, 15) is 0 Å². The van der Waals surface area contributed by atoms with Gasteiger partial charge in [-0.05, 0) is 67.6 Å². The SMILES string of the molecule is Cl.c1cc(Oc2ccc(OC3CN4CCC3CC4)cc2)cs1. The Labute approximate surface area is 141 Å². The molecule has 0 spiro atoms. The minimum atomic E-state index is 0. The first-order valence-electron chi connectivity index (χ1n) is 7.56. The van der Waals surface area contributed by atoms with E-state index < -0.39 is 0 Å². The molecule has 0 aliphatic carbocycles. The largest absolute Gasteiger partial charge is 0.489 e. The van der Waals surface area contributed by atoms with Crippen molar-refractivity contribution in [2.24, 2.45) is 5.92 Å². The zero-order valence-corrected chi connectivity index (χ0v) is 13.9. The lowest BCUT2D eigenvalue weighted by molar-refractivity contribution is -0.00777. The maximum atomic E-state index is 6.18. The quantitative estimate of drug-likeness (QED) is 0.823. The second-order valence-electron chi connectivity index (χ2n) is 5.83. The summed E-state index contributed by atoms with van der Waals surface area (Å²) < 4.78 is 11.9. The predicted octanol–water partition coefficient (Wildman–Crippen LogP) is 4.44. The van der Waals surface area contributed by atoms with Crippen LogP contribution in [0.5, 0.6) is 17.2 Å². The van der Waals surface area contributed by atoms with Crippen molar-refractivity contribution in [2.45, 2.75) is 18.9 Å². The molecule has 1 atom stereocenters. The third-order valence-corrected chi connectivity index (χ3v) is 5.10. The van der Waals surface area contributed by atoms with Crippen LogP contribution in [0.1, 0.15) is 12.8 Å². The zero-order valence-electron chi connectivity index (χ0n) is 12.3. The Morgan fingerprint density at radius 2 is 1.68 bits per heavy atom. The molecule has 1 unspecified atom stereocenters. The van der Waals surface area contributed by atoms with Crippen molar-refractivity contribution < 1.29 is 9.47 Å². The van der Waals surface area contributed by atoms with Gasteiger partial charge in [-0.25, -0.2) is 0 Å². The number of thiophene rings is 1. The highest BCUT2D eigenvalue weighted by atomic mass is 35.5. The Kier molecular flexibility index (Phi) is 4.91. The van der Waals surface area contributed by atoms with Crippen LogP contribution in [0, 0.1) is 5.92 Å². The lowest BCUT2D eigenvalue weighted by Crippen LogP contribution is -2.52. The number of hydrogen-bond acceptors (Lipinski definition) is 4. The fourth-order valence-corrected chi connectivity index (χ4v) is 3.80. The van der Waals surface area contributed by atoms with E-state index in [2.05, 4.69) is 4.90 Å². The molecule has 0 saturated carbocycles. The highest BCUT2D eigenvalue weighted by molar-refractivity contribution is 7.08. The van der Waals surface area contributed by atoms with Crippen molar-refractivity contribution >= 4 is 23.7 Å². The number of halogens is 1. The van der Waals surface area contributed by atoms with Gasteiger partial charge in [0.05, 0.1) is 0 Å². The third-order valence-electron chi connectivity index (χ3n) is 4.44. The lowest BCUT2D eigenvalue weighted by Gasteiger charge is -2.44. The van der Waals surface area contributed by atoms with Gasteiger partial charge in [-0.3, -0.25) is 4.90 Å². The average molecular weight is 338 g/mol. The van der Waals surface area contributed by atoms with Crippen LogP contribution in [-0.2, 0) is 0 Å². The molecule has 5 heteroatoms. The topological polar surface area (TPSA) is 21.7 Å². The van der Waals surface area contributed by atoms with Crippen LogP contribution in [0.2, 0.25) is 0 Å². The number of fused-ring (bicyclic) bond motifs is 3. The van der Waals surface area contributed by atoms with Crippen LogP contribution in [0.15, 0.2) is 41.1 Å². The molecule has 0 amide bonds. The number of hydrogen-bond donors (Lipinski definition) is 0. The summed E-state index contributed by atoms with van der Waals surface area (Å²) >= 11 is 1.64. The molecule has 1 aromatic carbocycles. The summed E-state index contributed by atoms with van der Waals surface area (Å²) in [5.41, 5.74) is 0. The van der Waals surface area contributed by atoms with E-state index in [0.717, 1.165) is 29.7 Å². The number of nitrogens with zero attached hydrogens (tertiary/aromatic N) is 1. The maximum Gasteiger partial charge on any atom is 0.138 e. The van der Waals surface area contributed by atoms with E-state index in [1.54, 1.807) is 11.3 Å². The molecule has 3 saturated heterocycles. The Hall–Kier alpha value is -1.23. The van der Waals surface area contributed by atoms with Gasteiger partial charge >= 0.3 is 0 Å².